The second kappa shape index (κ2) is 7.35. The Morgan fingerprint density at radius 3 is 3.04 bits per heavy atom. The minimum Gasteiger partial charge on any atom is -0.364 e. The number of nitrogens with zero attached hydrogens (tertiary/aromatic N) is 2. The molecular weight excluding hydrogens is 336 g/mol. The number of carbonyl (C=O) groups is 1. The van der Waals surface area contributed by atoms with Gasteiger partial charge < -0.3 is 10.5 Å². The number of carbonyl (C=O) groups excluding carboxylic acids is 1. The molecule has 2 aromatic rings. The molecule has 1 amide bonds. The highest BCUT2D eigenvalue weighted by Crippen LogP contribution is 2.23. The third-order valence-electron chi connectivity index (χ3n) is 3.60. The van der Waals surface area contributed by atoms with Gasteiger partial charge in [-0.1, -0.05) is 35.1 Å². The van der Waals surface area contributed by atoms with Crippen molar-refractivity contribution in [2.24, 2.45) is 5.73 Å². The fourth-order valence-electron chi connectivity index (χ4n) is 2.45. The molecule has 1 fully saturated rings. The van der Waals surface area contributed by atoms with Gasteiger partial charge in [0.05, 0.1) is 6.10 Å². The highest BCUT2D eigenvalue weighted by atomic mass is 35.5. The van der Waals surface area contributed by atoms with Crippen molar-refractivity contribution < 1.29 is 9.53 Å². The lowest BCUT2D eigenvalue weighted by Gasteiger charge is -2.10. The Bertz CT molecular complexity index is 694. The quantitative estimate of drug-likeness (QED) is 0.861. The molecule has 23 heavy (non-hydrogen) atoms. The van der Waals surface area contributed by atoms with Crippen LogP contribution in [-0.2, 0) is 16.0 Å². The molecular formula is C15H17ClN4O2S. The molecule has 2 atom stereocenters. The van der Waals surface area contributed by atoms with Crippen molar-refractivity contribution in [3.8, 4) is 0 Å². The smallest absolute Gasteiger partial charge is 0.255 e. The zero-order valence-electron chi connectivity index (χ0n) is 12.4. The van der Waals surface area contributed by atoms with Crippen molar-refractivity contribution >= 4 is 34.0 Å². The zero-order chi connectivity index (χ0) is 16.2. The van der Waals surface area contributed by atoms with Crippen molar-refractivity contribution in [3.05, 3.63) is 39.9 Å². The van der Waals surface area contributed by atoms with Gasteiger partial charge in [-0.2, -0.15) is 0 Å². The van der Waals surface area contributed by atoms with Gasteiger partial charge in [-0.25, -0.2) is 0 Å². The Morgan fingerprint density at radius 2 is 2.30 bits per heavy atom. The van der Waals surface area contributed by atoms with Gasteiger partial charge in [0.15, 0.2) is 0 Å². The van der Waals surface area contributed by atoms with E-state index in [0.29, 0.717) is 29.5 Å². The highest BCUT2D eigenvalue weighted by molar-refractivity contribution is 7.15. The van der Waals surface area contributed by atoms with Crippen molar-refractivity contribution in [2.75, 3.05) is 11.9 Å². The number of rotatable bonds is 5. The van der Waals surface area contributed by atoms with Crippen LogP contribution in [0.5, 0.6) is 0 Å². The number of amides is 1. The second-order valence-corrected chi connectivity index (χ2v) is 6.86. The van der Waals surface area contributed by atoms with Gasteiger partial charge in [0, 0.05) is 18.0 Å². The van der Waals surface area contributed by atoms with Crippen LogP contribution in [0.25, 0.3) is 0 Å². The van der Waals surface area contributed by atoms with E-state index < -0.39 is 6.10 Å². The van der Waals surface area contributed by atoms with Crippen molar-refractivity contribution in [2.45, 2.75) is 31.5 Å². The summed E-state index contributed by atoms with van der Waals surface area (Å²) in [7, 11) is 0. The Balaban J connectivity index is 1.58. The molecule has 1 aromatic heterocycles. The highest BCUT2D eigenvalue weighted by Gasteiger charge is 2.30. The van der Waals surface area contributed by atoms with Gasteiger partial charge >= 0.3 is 0 Å². The summed E-state index contributed by atoms with van der Waals surface area (Å²) >= 11 is 7.32. The molecule has 0 saturated carbocycles. The number of hydrogen-bond acceptors (Lipinski definition) is 6. The van der Waals surface area contributed by atoms with E-state index in [1.807, 2.05) is 24.3 Å². The standard InChI is InChI=1S/C15H17ClN4O2S/c16-10-3-1-2-9(6-10)7-13-19-20-15(23-13)18-14(21)12-5-4-11(8-17)22-12/h1-3,6,11-12H,4-5,7-8,17H2,(H,18,20,21)/t11-,12+/m1/s1. The summed E-state index contributed by atoms with van der Waals surface area (Å²) in [4.78, 5) is 12.1. The van der Waals surface area contributed by atoms with E-state index in [2.05, 4.69) is 15.5 Å². The average Bonchev–Trinajstić information content (AvgIpc) is 3.16. The normalized spacial score (nSPS) is 20.6. The minimum atomic E-state index is -0.455. The molecule has 0 unspecified atom stereocenters. The molecule has 1 aliphatic rings. The summed E-state index contributed by atoms with van der Waals surface area (Å²) in [5.74, 6) is -0.189. The lowest BCUT2D eigenvalue weighted by Crippen LogP contribution is -2.29. The van der Waals surface area contributed by atoms with Crippen LogP contribution in [0.2, 0.25) is 5.02 Å². The molecule has 3 rings (SSSR count). The number of aromatic nitrogens is 2. The maximum absolute atomic E-state index is 12.1. The largest absolute Gasteiger partial charge is 0.364 e. The van der Waals surface area contributed by atoms with E-state index in [1.165, 1.54) is 11.3 Å². The molecule has 0 bridgehead atoms. The molecule has 6 nitrogen and oxygen atoms in total. The van der Waals surface area contributed by atoms with Crippen LogP contribution in [0, 0.1) is 0 Å². The fourth-order valence-corrected chi connectivity index (χ4v) is 3.44. The molecule has 1 aromatic carbocycles. The molecule has 3 N–H and O–H groups in total. The van der Waals surface area contributed by atoms with Crippen LogP contribution < -0.4 is 11.1 Å². The number of nitrogens with two attached hydrogens (primary N) is 1. The van der Waals surface area contributed by atoms with E-state index in [-0.39, 0.29) is 12.0 Å². The number of ether oxygens (including phenoxy) is 1. The van der Waals surface area contributed by atoms with Crippen LogP contribution in [0.3, 0.4) is 0 Å². The Hall–Kier alpha value is -1.54. The molecule has 0 aliphatic carbocycles. The molecule has 0 spiro atoms. The minimum absolute atomic E-state index is 0.0291. The van der Waals surface area contributed by atoms with Crippen LogP contribution in [0.15, 0.2) is 24.3 Å². The molecule has 2 heterocycles. The topological polar surface area (TPSA) is 90.1 Å². The number of hydrogen-bond donors (Lipinski definition) is 2. The summed E-state index contributed by atoms with van der Waals surface area (Å²) in [6.07, 6.45) is 1.64. The number of halogens is 1. The van der Waals surface area contributed by atoms with Gasteiger partial charge in [0.25, 0.3) is 5.91 Å². The zero-order valence-corrected chi connectivity index (χ0v) is 13.9. The molecule has 1 saturated heterocycles. The van der Waals surface area contributed by atoms with Crippen molar-refractivity contribution in [1.29, 1.82) is 0 Å². The van der Waals surface area contributed by atoms with Crippen molar-refractivity contribution in [1.82, 2.24) is 10.2 Å². The predicted octanol–water partition coefficient (Wildman–Crippen LogP) is 2.23. The first kappa shape index (κ1) is 16.3. The van der Waals surface area contributed by atoms with E-state index >= 15 is 0 Å². The third-order valence-corrected chi connectivity index (χ3v) is 4.68. The van der Waals surface area contributed by atoms with Gasteiger partial charge in [-0.05, 0) is 30.5 Å². The summed E-state index contributed by atoms with van der Waals surface area (Å²) in [5.41, 5.74) is 6.60. The molecule has 0 radical (unpaired) electrons. The van der Waals surface area contributed by atoms with E-state index in [9.17, 15) is 4.79 Å². The van der Waals surface area contributed by atoms with Gasteiger partial charge in [-0.3, -0.25) is 10.1 Å². The lowest BCUT2D eigenvalue weighted by molar-refractivity contribution is -0.126. The predicted molar refractivity (Wildman–Crippen MR) is 89.7 cm³/mol. The third kappa shape index (κ3) is 4.26. The Labute approximate surface area is 143 Å². The number of anilines is 1. The van der Waals surface area contributed by atoms with E-state index in [1.54, 1.807) is 0 Å². The summed E-state index contributed by atoms with van der Waals surface area (Å²) in [6.45, 7) is 0.437. The Morgan fingerprint density at radius 1 is 1.43 bits per heavy atom. The maximum atomic E-state index is 12.1. The number of nitrogens with one attached hydrogen (secondary N) is 1. The summed E-state index contributed by atoms with van der Waals surface area (Å²) < 4.78 is 5.56. The van der Waals surface area contributed by atoms with Gasteiger partial charge in [-0.15, -0.1) is 10.2 Å². The lowest BCUT2D eigenvalue weighted by atomic mass is 10.2. The first-order valence-electron chi connectivity index (χ1n) is 7.37. The Kier molecular flexibility index (Phi) is 5.22. The van der Waals surface area contributed by atoms with E-state index in [4.69, 9.17) is 22.1 Å². The molecule has 8 heteroatoms. The van der Waals surface area contributed by atoms with Gasteiger partial charge in [0.2, 0.25) is 5.13 Å². The van der Waals surface area contributed by atoms with Crippen LogP contribution in [-0.4, -0.2) is 34.9 Å². The number of benzene rings is 1. The first-order chi connectivity index (χ1) is 11.1. The van der Waals surface area contributed by atoms with Gasteiger partial charge in [0.1, 0.15) is 11.1 Å². The molecule has 122 valence electrons. The summed E-state index contributed by atoms with van der Waals surface area (Å²) in [5, 5.41) is 12.9. The second-order valence-electron chi connectivity index (χ2n) is 5.36. The average molecular weight is 353 g/mol. The monoisotopic (exact) mass is 352 g/mol. The maximum Gasteiger partial charge on any atom is 0.255 e. The van der Waals surface area contributed by atoms with Crippen LogP contribution in [0.4, 0.5) is 5.13 Å². The fraction of sp³-hybridized carbons (Fsp3) is 0.400. The van der Waals surface area contributed by atoms with Crippen LogP contribution >= 0.6 is 22.9 Å². The van der Waals surface area contributed by atoms with Crippen molar-refractivity contribution in [3.63, 3.8) is 0 Å². The first-order valence-corrected chi connectivity index (χ1v) is 8.56. The SMILES string of the molecule is NC[C@H]1CC[C@@H](C(=O)Nc2nnc(Cc3cccc(Cl)c3)s2)O1. The molecule has 1 aliphatic heterocycles. The van der Waals surface area contributed by atoms with Crippen LogP contribution in [0.1, 0.15) is 23.4 Å². The summed E-state index contributed by atoms with van der Waals surface area (Å²) in [6, 6.07) is 7.59. The van der Waals surface area contributed by atoms with E-state index in [0.717, 1.165) is 17.0 Å².